The number of benzene rings is 1. The molecule has 26 heavy (non-hydrogen) atoms. The van der Waals surface area contributed by atoms with Gasteiger partial charge >= 0.3 is 5.97 Å². The van der Waals surface area contributed by atoms with Crippen LogP contribution >= 0.6 is 0 Å². The molecule has 2 aliphatic rings. The predicted molar refractivity (Wildman–Crippen MR) is 96.6 cm³/mol. The molecule has 4 N–H and O–H groups in total. The smallest absolute Gasteiger partial charge is 0.320 e. The SMILES string of the molecule is Cc1cccc(N[C@H]2CC[C@H]3CN[C@H](C(=O)O)C[C@H]3C2)c1-c1nn[nH]n1. The predicted octanol–water partition coefficient (Wildman–Crippen LogP) is 1.82. The number of aromatic nitrogens is 4. The van der Waals surface area contributed by atoms with Crippen LogP contribution in [0, 0.1) is 18.8 Å². The topological polar surface area (TPSA) is 116 Å². The number of rotatable bonds is 4. The molecule has 1 aliphatic carbocycles. The fraction of sp³-hybridized carbons (Fsp3) is 0.556. The number of piperidine rings is 1. The number of anilines is 1. The number of H-pyrrole nitrogens is 1. The van der Waals surface area contributed by atoms with Gasteiger partial charge in [-0.2, -0.15) is 5.21 Å². The third kappa shape index (κ3) is 3.29. The maximum Gasteiger partial charge on any atom is 0.320 e. The molecule has 2 heterocycles. The number of fused-ring (bicyclic) bond motifs is 1. The molecule has 4 atom stereocenters. The van der Waals surface area contributed by atoms with Crippen LogP contribution < -0.4 is 10.6 Å². The Labute approximate surface area is 151 Å². The minimum Gasteiger partial charge on any atom is -0.480 e. The normalized spacial score (nSPS) is 28.3. The first-order chi connectivity index (χ1) is 12.6. The molecule has 2 fully saturated rings. The Hall–Kier alpha value is -2.48. The Morgan fingerprint density at radius 3 is 2.92 bits per heavy atom. The van der Waals surface area contributed by atoms with Crippen molar-refractivity contribution in [2.24, 2.45) is 11.8 Å². The van der Waals surface area contributed by atoms with Crippen molar-refractivity contribution in [1.29, 1.82) is 0 Å². The summed E-state index contributed by atoms with van der Waals surface area (Å²) >= 11 is 0. The van der Waals surface area contributed by atoms with Gasteiger partial charge in [-0.1, -0.05) is 12.1 Å². The van der Waals surface area contributed by atoms with Crippen molar-refractivity contribution >= 4 is 11.7 Å². The van der Waals surface area contributed by atoms with Crippen molar-refractivity contribution in [2.75, 3.05) is 11.9 Å². The molecule has 0 radical (unpaired) electrons. The molecular formula is C18H24N6O2. The molecule has 1 aromatic heterocycles. The molecule has 0 bridgehead atoms. The van der Waals surface area contributed by atoms with Crippen molar-refractivity contribution < 1.29 is 9.90 Å². The summed E-state index contributed by atoms with van der Waals surface area (Å²) in [5, 5.41) is 30.6. The van der Waals surface area contributed by atoms with Crippen LogP contribution in [0.15, 0.2) is 18.2 Å². The fourth-order valence-corrected chi connectivity index (χ4v) is 4.46. The van der Waals surface area contributed by atoms with Gasteiger partial charge in [0.05, 0.1) is 0 Å². The number of carbonyl (C=O) groups is 1. The van der Waals surface area contributed by atoms with Crippen LogP contribution in [0.1, 0.15) is 31.2 Å². The highest BCUT2D eigenvalue weighted by Crippen LogP contribution is 2.38. The number of carboxylic acid groups (broad SMARTS) is 1. The summed E-state index contributed by atoms with van der Waals surface area (Å²) in [6.07, 6.45) is 3.91. The molecule has 1 aliphatic heterocycles. The lowest BCUT2D eigenvalue weighted by atomic mass is 9.72. The van der Waals surface area contributed by atoms with E-state index in [1.165, 1.54) is 0 Å². The largest absolute Gasteiger partial charge is 0.480 e. The van der Waals surface area contributed by atoms with Crippen LogP contribution in [0.3, 0.4) is 0 Å². The van der Waals surface area contributed by atoms with Crippen molar-refractivity contribution in [3.05, 3.63) is 23.8 Å². The molecule has 0 spiro atoms. The third-order valence-electron chi connectivity index (χ3n) is 5.80. The summed E-state index contributed by atoms with van der Waals surface area (Å²) in [6.45, 7) is 2.85. The van der Waals surface area contributed by atoms with Crippen LogP contribution in [0.5, 0.6) is 0 Å². The number of nitrogens with zero attached hydrogens (tertiary/aromatic N) is 3. The Bertz CT molecular complexity index is 778. The van der Waals surface area contributed by atoms with Crippen molar-refractivity contribution in [1.82, 2.24) is 25.9 Å². The van der Waals surface area contributed by atoms with Gasteiger partial charge in [-0.25, -0.2) is 0 Å². The monoisotopic (exact) mass is 356 g/mol. The van der Waals surface area contributed by atoms with Crippen molar-refractivity contribution in [3.63, 3.8) is 0 Å². The Morgan fingerprint density at radius 2 is 2.15 bits per heavy atom. The summed E-state index contributed by atoms with van der Waals surface area (Å²) in [5.74, 6) is 0.878. The van der Waals surface area contributed by atoms with E-state index in [2.05, 4.69) is 31.3 Å². The number of hydrogen-bond acceptors (Lipinski definition) is 6. The van der Waals surface area contributed by atoms with Gasteiger partial charge in [0.25, 0.3) is 0 Å². The number of tetrazole rings is 1. The average Bonchev–Trinajstić information content (AvgIpc) is 3.15. The first-order valence-corrected chi connectivity index (χ1v) is 9.18. The van der Waals surface area contributed by atoms with E-state index in [0.29, 0.717) is 30.1 Å². The van der Waals surface area contributed by atoms with E-state index < -0.39 is 12.0 Å². The fourth-order valence-electron chi connectivity index (χ4n) is 4.46. The molecule has 2 aromatic rings. The molecule has 8 heteroatoms. The molecule has 1 saturated heterocycles. The van der Waals surface area contributed by atoms with E-state index in [1.807, 2.05) is 25.1 Å². The molecule has 4 rings (SSSR count). The van der Waals surface area contributed by atoms with E-state index in [4.69, 9.17) is 0 Å². The van der Waals surface area contributed by atoms with E-state index in [9.17, 15) is 9.90 Å². The van der Waals surface area contributed by atoms with E-state index in [1.54, 1.807) is 0 Å². The number of aryl methyl sites for hydroxylation is 1. The van der Waals surface area contributed by atoms with Gasteiger partial charge in [0.1, 0.15) is 6.04 Å². The van der Waals surface area contributed by atoms with Gasteiger partial charge in [0.2, 0.25) is 5.82 Å². The number of aliphatic carboxylic acids is 1. The molecular weight excluding hydrogens is 332 g/mol. The molecule has 138 valence electrons. The minimum absolute atomic E-state index is 0.330. The second-order valence-corrected chi connectivity index (χ2v) is 7.44. The second kappa shape index (κ2) is 7.03. The van der Waals surface area contributed by atoms with E-state index >= 15 is 0 Å². The van der Waals surface area contributed by atoms with Gasteiger partial charge in [0.15, 0.2) is 0 Å². The number of carboxylic acids is 1. The van der Waals surface area contributed by atoms with Crippen LogP contribution in [0.4, 0.5) is 5.69 Å². The lowest BCUT2D eigenvalue weighted by molar-refractivity contribution is -0.141. The molecule has 1 saturated carbocycles. The summed E-state index contributed by atoms with van der Waals surface area (Å²) in [4.78, 5) is 11.3. The Kier molecular flexibility index (Phi) is 4.58. The molecule has 8 nitrogen and oxygen atoms in total. The maximum absolute atomic E-state index is 11.3. The highest BCUT2D eigenvalue weighted by molar-refractivity contribution is 5.76. The lowest BCUT2D eigenvalue weighted by Gasteiger charge is -2.42. The van der Waals surface area contributed by atoms with Crippen LogP contribution in [0.25, 0.3) is 11.4 Å². The summed E-state index contributed by atoms with van der Waals surface area (Å²) in [6, 6.07) is 6.03. The van der Waals surface area contributed by atoms with Gasteiger partial charge in [-0.05, 0) is 67.8 Å². The first kappa shape index (κ1) is 17.0. The Morgan fingerprint density at radius 1 is 1.27 bits per heavy atom. The van der Waals surface area contributed by atoms with Gasteiger partial charge in [-0.15, -0.1) is 10.2 Å². The van der Waals surface area contributed by atoms with Crippen LogP contribution in [0.2, 0.25) is 0 Å². The molecule has 0 amide bonds. The first-order valence-electron chi connectivity index (χ1n) is 9.18. The van der Waals surface area contributed by atoms with Crippen molar-refractivity contribution in [2.45, 2.75) is 44.7 Å². The maximum atomic E-state index is 11.3. The zero-order valence-corrected chi connectivity index (χ0v) is 14.8. The van der Waals surface area contributed by atoms with E-state index in [-0.39, 0.29) is 0 Å². The number of nitrogens with one attached hydrogen (secondary N) is 3. The molecule has 1 aromatic carbocycles. The summed E-state index contributed by atoms with van der Waals surface area (Å²) in [5.41, 5.74) is 3.08. The lowest BCUT2D eigenvalue weighted by Crippen LogP contribution is -2.50. The minimum atomic E-state index is -0.739. The average molecular weight is 356 g/mol. The quantitative estimate of drug-likeness (QED) is 0.660. The van der Waals surface area contributed by atoms with Crippen LogP contribution in [-0.4, -0.2) is 50.3 Å². The summed E-state index contributed by atoms with van der Waals surface area (Å²) in [7, 11) is 0. The van der Waals surface area contributed by atoms with Crippen LogP contribution in [-0.2, 0) is 4.79 Å². The highest BCUT2D eigenvalue weighted by Gasteiger charge is 2.37. The van der Waals surface area contributed by atoms with Crippen molar-refractivity contribution in [3.8, 4) is 11.4 Å². The Balaban J connectivity index is 1.50. The highest BCUT2D eigenvalue weighted by atomic mass is 16.4. The zero-order valence-electron chi connectivity index (χ0n) is 14.8. The standard InChI is InChI=1S/C18H24N6O2/c1-10-3-2-4-14(16(10)17-21-23-24-22-17)20-13-6-5-11-9-19-15(18(25)26)8-12(11)7-13/h2-4,11-13,15,19-20H,5-9H2,1H3,(H,25,26)(H,21,22,23,24)/t11-,12+,13-,15-/m0/s1. The second-order valence-electron chi connectivity index (χ2n) is 7.44. The third-order valence-corrected chi connectivity index (χ3v) is 5.80. The van der Waals surface area contributed by atoms with E-state index in [0.717, 1.165) is 42.6 Å². The van der Waals surface area contributed by atoms with Gasteiger partial charge in [0, 0.05) is 17.3 Å². The van der Waals surface area contributed by atoms with Gasteiger partial charge < -0.3 is 15.7 Å². The van der Waals surface area contributed by atoms with Gasteiger partial charge in [-0.3, -0.25) is 4.79 Å². The molecule has 0 unspecified atom stereocenters. The zero-order chi connectivity index (χ0) is 18.1. The number of hydrogen-bond donors (Lipinski definition) is 4. The number of aromatic amines is 1. The summed E-state index contributed by atoms with van der Waals surface area (Å²) < 4.78 is 0.